The van der Waals surface area contributed by atoms with E-state index in [2.05, 4.69) is 20.6 Å². The predicted octanol–water partition coefficient (Wildman–Crippen LogP) is 1.26. The molecule has 166 valence electrons. The number of carbonyl (C=O) groups is 2. The smallest absolute Gasteiger partial charge is 0.409 e. The van der Waals surface area contributed by atoms with Gasteiger partial charge in [0.25, 0.3) is 0 Å². The first kappa shape index (κ1) is 23.4. The van der Waals surface area contributed by atoms with Crippen LogP contribution in [-0.4, -0.2) is 85.2 Å². The monoisotopic (exact) mass is 418 g/mol. The van der Waals surface area contributed by atoms with E-state index in [4.69, 9.17) is 4.74 Å². The summed E-state index contributed by atoms with van der Waals surface area (Å²) in [6.07, 6.45) is 3.83. The van der Waals surface area contributed by atoms with Crippen molar-refractivity contribution in [2.24, 2.45) is 4.99 Å². The molecule has 1 aromatic rings. The van der Waals surface area contributed by atoms with Crippen LogP contribution in [0.15, 0.2) is 29.4 Å². The first-order valence-corrected chi connectivity index (χ1v) is 10.6. The van der Waals surface area contributed by atoms with E-state index in [1.54, 1.807) is 23.0 Å². The van der Waals surface area contributed by atoms with Gasteiger partial charge in [0.15, 0.2) is 5.96 Å². The molecule has 0 unspecified atom stereocenters. The summed E-state index contributed by atoms with van der Waals surface area (Å²) in [6.45, 7) is 6.85. The Bertz CT molecular complexity index is 689. The van der Waals surface area contributed by atoms with Crippen molar-refractivity contribution in [2.75, 3.05) is 46.4 Å². The molecule has 30 heavy (non-hydrogen) atoms. The number of ether oxygens (including phenoxy) is 1. The highest BCUT2D eigenvalue weighted by molar-refractivity contribution is 5.85. The largest absolute Gasteiger partial charge is 0.450 e. The first-order chi connectivity index (χ1) is 14.5. The number of guanidine groups is 1. The third kappa shape index (κ3) is 7.88. The zero-order valence-electron chi connectivity index (χ0n) is 18.3. The van der Waals surface area contributed by atoms with Gasteiger partial charge in [-0.05, 0) is 38.8 Å². The molecular formula is C21H34N6O3. The number of hydrogen-bond donors (Lipinski definition) is 2. The number of piperidine rings is 1. The van der Waals surface area contributed by atoms with Gasteiger partial charge in [-0.1, -0.05) is 6.07 Å². The molecule has 1 saturated heterocycles. The van der Waals surface area contributed by atoms with E-state index in [1.165, 1.54) is 0 Å². The average molecular weight is 419 g/mol. The molecule has 1 aromatic heterocycles. The van der Waals surface area contributed by atoms with Crippen molar-refractivity contribution in [1.82, 2.24) is 25.4 Å². The molecule has 9 nitrogen and oxygen atoms in total. The van der Waals surface area contributed by atoms with Crippen LogP contribution in [0.3, 0.4) is 0 Å². The lowest BCUT2D eigenvalue weighted by molar-refractivity contribution is -0.128. The summed E-state index contributed by atoms with van der Waals surface area (Å²) >= 11 is 0. The molecule has 2 N–H and O–H groups in total. The highest BCUT2D eigenvalue weighted by Crippen LogP contribution is 2.11. The van der Waals surface area contributed by atoms with Gasteiger partial charge in [-0.25, -0.2) is 9.79 Å². The number of amides is 2. The van der Waals surface area contributed by atoms with Gasteiger partial charge in [0, 0.05) is 57.6 Å². The number of hydrogen-bond acceptors (Lipinski definition) is 5. The Labute approximate surface area is 178 Å². The molecule has 0 radical (unpaired) electrons. The van der Waals surface area contributed by atoms with Gasteiger partial charge < -0.3 is 25.2 Å². The molecule has 0 aliphatic carbocycles. The van der Waals surface area contributed by atoms with E-state index < -0.39 is 0 Å². The van der Waals surface area contributed by atoms with Crippen molar-refractivity contribution < 1.29 is 14.3 Å². The number of rotatable bonds is 8. The van der Waals surface area contributed by atoms with Crippen LogP contribution in [0.5, 0.6) is 0 Å². The molecule has 0 saturated carbocycles. The van der Waals surface area contributed by atoms with Gasteiger partial charge in [0.1, 0.15) is 6.54 Å². The minimum Gasteiger partial charge on any atom is -0.450 e. The second kappa shape index (κ2) is 12.7. The normalized spacial score (nSPS) is 14.9. The minimum atomic E-state index is -0.254. The zero-order chi connectivity index (χ0) is 21.8. The van der Waals surface area contributed by atoms with Crippen LogP contribution in [0.1, 0.15) is 32.4 Å². The van der Waals surface area contributed by atoms with Crippen molar-refractivity contribution in [2.45, 2.75) is 39.2 Å². The summed E-state index contributed by atoms with van der Waals surface area (Å²) in [7, 11) is 1.78. The van der Waals surface area contributed by atoms with Crippen LogP contribution < -0.4 is 10.6 Å². The van der Waals surface area contributed by atoms with Crippen LogP contribution in [-0.2, 0) is 16.0 Å². The second-order valence-corrected chi connectivity index (χ2v) is 7.19. The molecule has 9 heteroatoms. The number of likely N-dealkylation sites (N-methyl/N-ethyl adjacent to an activating group) is 1. The van der Waals surface area contributed by atoms with Crippen LogP contribution in [0.4, 0.5) is 4.79 Å². The quantitative estimate of drug-likeness (QED) is 0.487. The van der Waals surface area contributed by atoms with Gasteiger partial charge in [0.2, 0.25) is 5.91 Å². The molecule has 0 aromatic carbocycles. The van der Waals surface area contributed by atoms with E-state index in [0.29, 0.717) is 45.2 Å². The van der Waals surface area contributed by atoms with Gasteiger partial charge in [-0.2, -0.15) is 0 Å². The molecule has 0 atom stereocenters. The summed E-state index contributed by atoms with van der Waals surface area (Å²) in [4.78, 5) is 36.4. The Kier molecular flexibility index (Phi) is 9.90. The van der Waals surface area contributed by atoms with Crippen molar-refractivity contribution in [3.8, 4) is 0 Å². The summed E-state index contributed by atoms with van der Waals surface area (Å²) < 4.78 is 5.06. The fourth-order valence-corrected chi connectivity index (χ4v) is 3.15. The van der Waals surface area contributed by atoms with Crippen molar-refractivity contribution in [3.63, 3.8) is 0 Å². The Morgan fingerprint density at radius 1 is 1.30 bits per heavy atom. The molecule has 0 bridgehead atoms. The number of likely N-dealkylation sites (tertiary alicyclic amines) is 1. The molecule has 0 spiro atoms. The number of carbonyl (C=O) groups excluding carboxylic acids is 2. The number of nitrogens with zero attached hydrogens (tertiary/aromatic N) is 4. The van der Waals surface area contributed by atoms with Gasteiger partial charge in [-0.15, -0.1) is 0 Å². The fraction of sp³-hybridized carbons (Fsp3) is 0.619. The lowest BCUT2D eigenvalue weighted by Crippen LogP contribution is -2.50. The zero-order valence-corrected chi connectivity index (χ0v) is 18.3. The molecule has 1 aliphatic rings. The molecule has 1 fully saturated rings. The molecule has 2 rings (SSSR count). The van der Waals surface area contributed by atoms with E-state index in [-0.39, 0.29) is 24.6 Å². The van der Waals surface area contributed by atoms with Crippen LogP contribution in [0, 0.1) is 0 Å². The summed E-state index contributed by atoms with van der Waals surface area (Å²) in [5, 5.41) is 6.57. The Morgan fingerprint density at radius 3 is 2.70 bits per heavy atom. The van der Waals surface area contributed by atoms with E-state index in [1.807, 2.05) is 32.0 Å². The molecule has 2 amide bonds. The highest BCUT2D eigenvalue weighted by Gasteiger charge is 2.24. The number of nitrogens with one attached hydrogen (secondary N) is 2. The number of aliphatic imine (C=N–C) groups is 1. The highest BCUT2D eigenvalue weighted by atomic mass is 16.6. The SMILES string of the molecule is CCNC(=NCC(=O)N(C)CCc1ccccn1)NC1CCN(C(=O)OCC)CC1. The van der Waals surface area contributed by atoms with Gasteiger partial charge in [0.05, 0.1) is 6.61 Å². The summed E-state index contributed by atoms with van der Waals surface area (Å²) in [6, 6.07) is 5.98. The van der Waals surface area contributed by atoms with Crippen LogP contribution >= 0.6 is 0 Å². The Balaban J connectivity index is 1.79. The lowest BCUT2D eigenvalue weighted by atomic mass is 10.1. The maximum Gasteiger partial charge on any atom is 0.409 e. The van der Waals surface area contributed by atoms with Crippen LogP contribution in [0.2, 0.25) is 0 Å². The second-order valence-electron chi connectivity index (χ2n) is 7.19. The average Bonchev–Trinajstić information content (AvgIpc) is 2.77. The first-order valence-electron chi connectivity index (χ1n) is 10.6. The molecular weight excluding hydrogens is 384 g/mol. The third-order valence-electron chi connectivity index (χ3n) is 4.93. The van der Waals surface area contributed by atoms with E-state index >= 15 is 0 Å². The maximum atomic E-state index is 12.4. The fourth-order valence-electron chi connectivity index (χ4n) is 3.15. The number of aromatic nitrogens is 1. The van der Waals surface area contributed by atoms with E-state index in [0.717, 1.165) is 18.5 Å². The van der Waals surface area contributed by atoms with E-state index in [9.17, 15) is 9.59 Å². The standard InChI is InChI=1S/C21H34N6O3/c1-4-22-20(25-18-10-14-27(15-11-18)21(29)30-5-2)24-16-19(28)26(3)13-9-17-8-6-7-12-23-17/h6-8,12,18H,4-5,9-11,13-16H2,1-3H3,(H2,22,24,25). The van der Waals surface area contributed by atoms with Crippen molar-refractivity contribution in [1.29, 1.82) is 0 Å². The summed E-state index contributed by atoms with van der Waals surface area (Å²) in [5.41, 5.74) is 0.963. The van der Waals surface area contributed by atoms with Gasteiger partial charge >= 0.3 is 6.09 Å². The predicted molar refractivity (Wildman–Crippen MR) is 116 cm³/mol. The van der Waals surface area contributed by atoms with Gasteiger partial charge in [-0.3, -0.25) is 9.78 Å². The molecule has 2 heterocycles. The number of pyridine rings is 1. The minimum absolute atomic E-state index is 0.0414. The maximum absolute atomic E-state index is 12.4. The Morgan fingerprint density at radius 2 is 2.07 bits per heavy atom. The van der Waals surface area contributed by atoms with Crippen LogP contribution in [0.25, 0.3) is 0 Å². The Hall–Kier alpha value is -2.84. The van der Waals surface area contributed by atoms with Crippen molar-refractivity contribution >= 4 is 18.0 Å². The lowest BCUT2D eigenvalue weighted by Gasteiger charge is -2.32. The summed E-state index contributed by atoms with van der Waals surface area (Å²) in [5.74, 6) is 0.582. The third-order valence-corrected chi connectivity index (χ3v) is 4.93. The van der Waals surface area contributed by atoms with Crippen molar-refractivity contribution in [3.05, 3.63) is 30.1 Å². The topological polar surface area (TPSA) is 99.2 Å². The molecule has 1 aliphatic heterocycles.